The average molecular weight is 297 g/mol. The molecule has 2 aromatic rings. The molecule has 0 saturated carbocycles. The lowest BCUT2D eigenvalue weighted by Gasteiger charge is -2.39. The lowest BCUT2D eigenvalue weighted by molar-refractivity contribution is -0.233. The standard InChI is InChI=1S/C11H15N5O5/c12-9-4-10(14-2-13-4)16-11(15-9)8-7(20)6(19)5(18)3(1-17)21-8/h2-3,5-8,17-20H,1H2,(H3,12,13,14,15,16)/t3-,5-,6+,7-,8-/m1/s1. The van der Waals surface area contributed by atoms with Crippen LogP contribution < -0.4 is 5.73 Å². The quantitative estimate of drug-likeness (QED) is 0.349. The highest BCUT2D eigenvalue weighted by molar-refractivity contribution is 5.80. The van der Waals surface area contributed by atoms with Crippen molar-refractivity contribution >= 4 is 17.0 Å². The number of fused-ring (bicyclic) bond motifs is 1. The molecule has 21 heavy (non-hydrogen) atoms. The third kappa shape index (κ3) is 2.22. The van der Waals surface area contributed by atoms with Gasteiger partial charge in [0.15, 0.2) is 17.3 Å². The molecule has 0 spiro atoms. The molecule has 0 bridgehead atoms. The second kappa shape index (κ2) is 5.16. The van der Waals surface area contributed by atoms with E-state index in [0.29, 0.717) is 5.52 Å². The van der Waals surface area contributed by atoms with Gasteiger partial charge in [0, 0.05) is 0 Å². The van der Waals surface area contributed by atoms with Crippen LogP contribution in [0.25, 0.3) is 11.2 Å². The number of aliphatic hydroxyl groups excluding tert-OH is 4. The normalized spacial score (nSPS) is 33.4. The van der Waals surface area contributed by atoms with Gasteiger partial charge in [0.25, 0.3) is 0 Å². The fourth-order valence-corrected chi connectivity index (χ4v) is 2.32. The predicted octanol–water partition coefficient (Wildman–Crippen LogP) is -2.55. The first-order chi connectivity index (χ1) is 10.0. The molecule has 114 valence electrons. The Kier molecular flexibility index (Phi) is 3.47. The van der Waals surface area contributed by atoms with Crippen LogP contribution in [-0.2, 0) is 4.74 Å². The summed E-state index contributed by atoms with van der Waals surface area (Å²) in [5.41, 5.74) is 6.50. The molecule has 7 N–H and O–H groups in total. The molecule has 3 heterocycles. The molecule has 10 heteroatoms. The molecule has 0 unspecified atom stereocenters. The minimum Gasteiger partial charge on any atom is -0.394 e. The van der Waals surface area contributed by atoms with Crippen LogP contribution in [0.5, 0.6) is 0 Å². The van der Waals surface area contributed by atoms with Crippen molar-refractivity contribution in [3.63, 3.8) is 0 Å². The molecule has 0 radical (unpaired) electrons. The number of aromatic nitrogens is 4. The van der Waals surface area contributed by atoms with E-state index in [1.165, 1.54) is 6.33 Å². The van der Waals surface area contributed by atoms with E-state index < -0.39 is 37.1 Å². The maximum absolute atomic E-state index is 10.0. The topological polar surface area (TPSA) is 171 Å². The maximum atomic E-state index is 10.0. The number of nitrogen functional groups attached to an aromatic ring is 1. The number of imidazole rings is 1. The summed E-state index contributed by atoms with van der Waals surface area (Å²) in [4.78, 5) is 14.8. The highest BCUT2D eigenvalue weighted by Crippen LogP contribution is 2.31. The number of hydrogen-bond donors (Lipinski definition) is 6. The molecule has 2 aromatic heterocycles. The number of nitrogens with one attached hydrogen (secondary N) is 1. The zero-order valence-electron chi connectivity index (χ0n) is 10.8. The summed E-state index contributed by atoms with van der Waals surface area (Å²) in [7, 11) is 0. The zero-order chi connectivity index (χ0) is 15.1. The largest absolute Gasteiger partial charge is 0.394 e. The van der Waals surface area contributed by atoms with Crippen molar-refractivity contribution < 1.29 is 25.2 Å². The Balaban J connectivity index is 2.00. The molecule has 1 aliphatic heterocycles. The molecule has 1 aliphatic rings. The average Bonchev–Trinajstić information content (AvgIpc) is 2.94. The van der Waals surface area contributed by atoms with Gasteiger partial charge in [-0.05, 0) is 0 Å². The highest BCUT2D eigenvalue weighted by atomic mass is 16.5. The number of hydrogen-bond acceptors (Lipinski definition) is 9. The van der Waals surface area contributed by atoms with Gasteiger partial charge in [0.05, 0.1) is 12.9 Å². The van der Waals surface area contributed by atoms with Crippen LogP contribution in [0.1, 0.15) is 11.9 Å². The lowest BCUT2D eigenvalue weighted by Crippen LogP contribution is -2.55. The summed E-state index contributed by atoms with van der Waals surface area (Å²) in [6, 6.07) is 0. The van der Waals surface area contributed by atoms with Crippen LogP contribution in [-0.4, -0.2) is 71.4 Å². The number of nitrogens with two attached hydrogens (primary N) is 1. The molecule has 1 fully saturated rings. The smallest absolute Gasteiger partial charge is 0.183 e. The summed E-state index contributed by atoms with van der Waals surface area (Å²) in [6.45, 7) is -0.526. The molecule has 0 aromatic carbocycles. The highest BCUT2D eigenvalue weighted by Gasteiger charge is 2.45. The van der Waals surface area contributed by atoms with Crippen molar-refractivity contribution in [3.05, 3.63) is 12.2 Å². The maximum Gasteiger partial charge on any atom is 0.183 e. The van der Waals surface area contributed by atoms with Crippen LogP contribution in [0, 0.1) is 0 Å². The molecule has 0 aliphatic carbocycles. The summed E-state index contributed by atoms with van der Waals surface area (Å²) in [6.07, 6.45) is -5.17. The van der Waals surface area contributed by atoms with Crippen molar-refractivity contribution in [2.75, 3.05) is 12.3 Å². The second-order valence-corrected chi connectivity index (χ2v) is 4.82. The van der Waals surface area contributed by atoms with Crippen molar-refractivity contribution in [3.8, 4) is 0 Å². The summed E-state index contributed by atoms with van der Waals surface area (Å²) in [5, 5.41) is 38.7. The van der Waals surface area contributed by atoms with Gasteiger partial charge in [-0.3, -0.25) is 0 Å². The minimum absolute atomic E-state index is 0.0176. The number of ether oxygens (including phenoxy) is 1. The summed E-state index contributed by atoms with van der Waals surface area (Å²) >= 11 is 0. The van der Waals surface area contributed by atoms with E-state index in [4.69, 9.17) is 15.6 Å². The van der Waals surface area contributed by atoms with E-state index in [0.717, 1.165) is 0 Å². The minimum atomic E-state index is -1.50. The van der Waals surface area contributed by atoms with E-state index in [2.05, 4.69) is 19.9 Å². The van der Waals surface area contributed by atoms with Crippen molar-refractivity contribution in [2.24, 2.45) is 0 Å². The summed E-state index contributed by atoms with van der Waals surface area (Å²) < 4.78 is 5.37. The third-order valence-electron chi connectivity index (χ3n) is 3.48. The number of nitrogens with zero attached hydrogens (tertiary/aromatic N) is 3. The van der Waals surface area contributed by atoms with Crippen LogP contribution in [0.15, 0.2) is 6.33 Å². The van der Waals surface area contributed by atoms with Gasteiger partial charge >= 0.3 is 0 Å². The SMILES string of the molecule is Nc1nc([C@@H]2O[C@H](CO)[C@@H](O)[C@H](O)[C@H]2O)nc2nc[nH]c12. The third-order valence-corrected chi connectivity index (χ3v) is 3.48. The fraction of sp³-hybridized carbons (Fsp3) is 0.545. The molecule has 5 atom stereocenters. The first-order valence-corrected chi connectivity index (χ1v) is 6.30. The van der Waals surface area contributed by atoms with E-state index in [-0.39, 0.29) is 17.3 Å². The van der Waals surface area contributed by atoms with Gasteiger partial charge in [-0.15, -0.1) is 0 Å². The molecular weight excluding hydrogens is 282 g/mol. The fourth-order valence-electron chi connectivity index (χ4n) is 2.32. The Labute approximate surface area is 118 Å². The molecule has 3 rings (SSSR count). The van der Waals surface area contributed by atoms with Gasteiger partial charge in [-0.1, -0.05) is 0 Å². The van der Waals surface area contributed by atoms with Gasteiger partial charge in [0.2, 0.25) is 0 Å². The number of aliphatic hydroxyl groups is 4. The second-order valence-electron chi connectivity index (χ2n) is 4.82. The number of aromatic amines is 1. The number of anilines is 1. The Bertz CT molecular complexity index is 647. The molecular formula is C11H15N5O5. The predicted molar refractivity (Wildman–Crippen MR) is 68.8 cm³/mol. The molecule has 0 amide bonds. The van der Waals surface area contributed by atoms with Crippen molar-refractivity contribution in [1.82, 2.24) is 19.9 Å². The molecule has 1 saturated heterocycles. The monoisotopic (exact) mass is 297 g/mol. The van der Waals surface area contributed by atoms with Gasteiger partial charge in [0.1, 0.15) is 36.0 Å². The van der Waals surface area contributed by atoms with Crippen LogP contribution in [0.3, 0.4) is 0 Å². The Hall–Kier alpha value is -1.85. The zero-order valence-corrected chi connectivity index (χ0v) is 10.8. The van der Waals surface area contributed by atoms with E-state index in [1.807, 2.05) is 0 Å². The number of rotatable bonds is 2. The van der Waals surface area contributed by atoms with E-state index in [9.17, 15) is 15.3 Å². The van der Waals surface area contributed by atoms with Crippen molar-refractivity contribution in [1.29, 1.82) is 0 Å². The van der Waals surface area contributed by atoms with Crippen LogP contribution in [0.4, 0.5) is 5.82 Å². The molecule has 10 nitrogen and oxygen atoms in total. The lowest BCUT2D eigenvalue weighted by atomic mass is 9.95. The van der Waals surface area contributed by atoms with E-state index >= 15 is 0 Å². The van der Waals surface area contributed by atoms with E-state index in [1.54, 1.807) is 0 Å². The van der Waals surface area contributed by atoms with Crippen molar-refractivity contribution in [2.45, 2.75) is 30.5 Å². The van der Waals surface area contributed by atoms with Gasteiger partial charge in [-0.2, -0.15) is 0 Å². The van der Waals surface area contributed by atoms with Gasteiger partial charge < -0.3 is 35.9 Å². The summed E-state index contributed by atoms with van der Waals surface area (Å²) in [5.74, 6) is 0.133. The first-order valence-electron chi connectivity index (χ1n) is 6.30. The van der Waals surface area contributed by atoms with Crippen LogP contribution in [0.2, 0.25) is 0 Å². The first kappa shape index (κ1) is 14.1. The Morgan fingerprint density at radius 2 is 1.95 bits per heavy atom. The van der Waals surface area contributed by atoms with Gasteiger partial charge in [-0.25, -0.2) is 15.0 Å². The number of H-pyrrole nitrogens is 1. The Morgan fingerprint density at radius 1 is 1.19 bits per heavy atom. The Morgan fingerprint density at radius 3 is 2.67 bits per heavy atom. The van der Waals surface area contributed by atoms with Crippen LogP contribution >= 0.6 is 0 Å².